The number of hydrogen-bond donors (Lipinski definition) is 2. The molecule has 2 N–H and O–H groups in total. The molecule has 170 valence electrons. The van der Waals surface area contributed by atoms with E-state index < -0.39 is 11.8 Å². The molecule has 0 aliphatic carbocycles. The van der Waals surface area contributed by atoms with Gasteiger partial charge in [-0.25, -0.2) is 0 Å². The van der Waals surface area contributed by atoms with Crippen molar-refractivity contribution in [1.82, 2.24) is 10.2 Å². The number of benzene rings is 2. The van der Waals surface area contributed by atoms with Crippen LogP contribution >= 0.6 is 0 Å². The molecule has 0 spiro atoms. The molecule has 0 unspecified atom stereocenters. The van der Waals surface area contributed by atoms with Crippen molar-refractivity contribution in [3.63, 3.8) is 0 Å². The van der Waals surface area contributed by atoms with Crippen molar-refractivity contribution in [3.05, 3.63) is 53.6 Å². The lowest BCUT2D eigenvalue weighted by atomic mass is 9.98. The van der Waals surface area contributed by atoms with E-state index in [9.17, 15) is 9.59 Å². The zero-order valence-electron chi connectivity index (χ0n) is 18.9. The first-order valence-corrected chi connectivity index (χ1v) is 11.4. The molecule has 0 saturated carbocycles. The summed E-state index contributed by atoms with van der Waals surface area (Å²) < 4.78 is 5.12. The average Bonchev–Trinajstić information content (AvgIpc) is 3.20. The zero-order chi connectivity index (χ0) is 22.5. The normalized spacial score (nSPS) is 16.9. The maximum atomic E-state index is 12.5. The number of anilines is 2. The summed E-state index contributed by atoms with van der Waals surface area (Å²) >= 11 is 0. The Morgan fingerprint density at radius 1 is 1.00 bits per heavy atom. The number of methoxy groups -OCH3 is 1. The third kappa shape index (κ3) is 5.05. The lowest BCUT2D eigenvalue weighted by Gasteiger charge is -2.35. The van der Waals surface area contributed by atoms with Gasteiger partial charge in [-0.2, -0.15) is 0 Å². The van der Waals surface area contributed by atoms with E-state index in [4.69, 9.17) is 4.74 Å². The van der Waals surface area contributed by atoms with E-state index in [-0.39, 0.29) is 6.04 Å². The van der Waals surface area contributed by atoms with Crippen LogP contribution in [0.1, 0.15) is 36.4 Å². The Morgan fingerprint density at radius 2 is 1.75 bits per heavy atom. The van der Waals surface area contributed by atoms with E-state index in [1.54, 1.807) is 31.4 Å². The molecular formula is C25H32N4O3. The Labute approximate surface area is 189 Å². The van der Waals surface area contributed by atoms with Crippen LogP contribution < -0.4 is 20.3 Å². The van der Waals surface area contributed by atoms with E-state index in [0.717, 1.165) is 38.9 Å². The lowest BCUT2D eigenvalue weighted by Crippen LogP contribution is -2.43. The first-order valence-electron chi connectivity index (χ1n) is 11.4. The number of nitrogens with zero attached hydrogens (tertiary/aromatic N) is 2. The second-order valence-corrected chi connectivity index (χ2v) is 8.56. The molecule has 1 atom stereocenters. The molecule has 2 aromatic rings. The summed E-state index contributed by atoms with van der Waals surface area (Å²) in [7, 11) is 3.70. The van der Waals surface area contributed by atoms with Gasteiger partial charge in [0.05, 0.1) is 13.2 Å². The van der Waals surface area contributed by atoms with Crippen LogP contribution in [0.3, 0.4) is 0 Å². The van der Waals surface area contributed by atoms with Crippen LogP contribution in [-0.4, -0.2) is 57.1 Å². The molecule has 32 heavy (non-hydrogen) atoms. The molecule has 1 fully saturated rings. The topological polar surface area (TPSA) is 73.9 Å². The van der Waals surface area contributed by atoms with Crippen LogP contribution in [-0.2, 0) is 16.0 Å². The van der Waals surface area contributed by atoms with Crippen molar-refractivity contribution >= 4 is 23.2 Å². The third-order valence-corrected chi connectivity index (χ3v) is 6.46. The van der Waals surface area contributed by atoms with Crippen LogP contribution in [0.5, 0.6) is 5.75 Å². The van der Waals surface area contributed by atoms with E-state index in [2.05, 4.69) is 45.7 Å². The first-order chi connectivity index (χ1) is 15.5. The lowest BCUT2D eigenvalue weighted by molar-refractivity contribution is -0.136. The molecule has 4 rings (SSSR count). The quantitative estimate of drug-likeness (QED) is 0.681. The van der Waals surface area contributed by atoms with Crippen molar-refractivity contribution in [2.24, 2.45) is 0 Å². The molecule has 0 aromatic heterocycles. The van der Waals surface area contributed by atoms with Crippen LogP contribution in [0.25, 0.3) is 0 Å². The minimum Gasteiger partial charge on any atom is -0.497 e. The van der Waals surface area contributed by atoms with Gasteiger partial charge in [-0.1, -0.05) is 18.6 Å². The predicted molar refractivity (Wildman–Crippen MR) is 126 cm³/mol. The smallest absolute Gasteiger partial charge is 0.313 e. The van der Waals surface area contributed by atoms with Crippen LogP contribution in [0.4, 0.5) is 11.4 Å². The van der Waals surface area contributed by atoms with Gasteiger partial charge in [0.25, 0.3) is 0 Å². The first kappa shape index (κ1) is 22.1. The summed E-state index contributed by atoms with van der Waals surface area (Å²) in [5.74, 6) is -0.593. The third-order valence-electron chi connectivity index (χ3n) is 6.46. The fourth-order valence-corrected chi connectivity index (χ4v) is 4.61. The number of nitrogens with one attached hydrogen (secondary N) is 2. The monoisotopic (exact) mass is 436 g/mol. The number of amides is 2. The number of fused-ring (bicyclic) bond motifs is 1. The molecule has 2 aliphatic heterocycles. The van der Waals surface area contributed by atoms with Crippen molar-refractivity contribution in [2.75, 3.05) is 50.6 Å². The highest BCUT2D eigenvalue weighted by atomic mass is 16.5. The summed E-state index contributed by atoms with van der Waals surface area (Å²) in [6.07, 6.45) is 4.62. The summed E-state index contributed by atoms with van der Waals surface area (Å²) in [4.78, 5) is 29.7. The van der Waals surface area contributed by atoms with Crippen LogP contribution in [0, 0.1) is 0 Å². The molecule has 7 heteroatoms. The van der Waals surface area contributed by atoms with Crippen molar-refractivity contribution in [2.45, 2.75) is 31.7 Å². The van der Waals surface area contributed by atoms with Gasteiger partial charge in [-0.15, -0.1) is 0 Å². The molecule has 0 radical (unpaired) electrons. The van der Waals surface area contributed by atoms with Crippen LogP contribution in [0.15, 0.2) is 42.5 Å². The highest BCUT2D eigenvalue weighted by molar-refractivity contribution is 6.39. The maximum Gasteiger partial charge on any atom is 0.313 e. The Balaban J connectivity index is 1.42. The Hall–Kier alpha value is -3.06. The summed E-state index contributed by atoms with van der Waals surface area (Å²) in [6.45, 7) is 3.46. The fraction of sp³-hybridized carbons (Fsp3) is 0.440. The van der Waals surface area contributed by atoms with Gasteiger partial charge >= 0.3 is 11.8 Å². The second-order valence-electron chi connectivity index (χ2n) is 8.56. The van der Waals surface area contributed by atoms with Gasteiger partial charge < -0.3 is 20.3 Å². The SMILES string of the molecule is COc1ccc(NC(=O)C(=O)NC[C@H](c2ccc3c(c2)CCN3C)N2CCCCC2)cc1. The van der Waals surface area contributed by atoms with Crippen molar-refractivity contribution in [3.8, 4) is 5.75 Å². The van der Waals surface area contributed by atoms with E-state index >= 15 is 0 Å². The van der Waals surface area contributed by atoms with Crippen molar-refractivity contribution < 1.29 is 14.3 Å². The van der Waals surface area contributed by atoms with Gasteiger partial charge in [0.1, 0.15) is 5.75 Å². The number of carbonyl (C=O) groups is 2. The zero-order valence-corrected chi connectivity index (χ0v) is 18.9. The summed E-state index contributed by atoms with van der Waals surface area (Å²) in [5, 5.41) is 5.52. The Kier molecular flexibility index (Phi) is 6.95. The molecule has 7 nitrogen and oxygen atoms in total. The molecule has 2 aromatic carbocycles. The molecule has 2 heterocycles. The molecule has 2 amide bonds. The van der Waals surface area contributed by atoms with Gasteiger partial charge in [-0.3, -0.25) is 14.5 Å². The second kappa shape index (κ2) is 10.0. The van der Waals surface area contributed by atoms with E-state index in [1.165, 1.54) is 23.2 Å². The number of hydrogen-bond acceptors (Lipinski definition) is 5. The molecule has 1 saturated heterocycles. The van der Waals surface area contributed by atoms with E-state index in [1.807, 2.05) is 0 Å². The largest absolute Gasteiger partial charge is 0.497 e. The minimum absolute atomic E-state index is 0.0595. The predicted octanol–water partition coefficient (Wildman–Crippen LogP) is 2.97. The summed E-state index contributed by atoms with van der Waals surface area (Å²) in [5.41, 5.74) is 4.41. The van der Waals surface area contributed by atoms with Crippen molar-refractivity contribution in [1.29, 1.82) is 0 Å². The van der Waals surface area contributed by atoms with E-state index in [0.29, 0.717) is 18.0 Å². The average molecular weight is 437 g/mol. The highest BCUT2D eigenvalue weighted by Gasteiger charge is 2.26. The Morgan fingerprint density at radius 3 is 2.47 bits per heavy atom. The molecular weight excluding hydrogens is 404 g/mol. The maximum absolute atomic E-state index is 12.5. The number of carbonyl (C=O) groups excluding carboxylic acids is 2. The Bertz CT molecular complexity index is 954. The number of ether oxygens (including phenoxy) is 1. The van der Waals surface area contributed by atoms with Gasteiger partial charge in [0.15, 0.2) is 0 Å². The fourth-order valence-electron chi connectivity index (χ4n) is 4.61. The number of piperidine rings is 1. The summed E-state index contributed by atoms with van der Waals surface area (Å²) in [6, 6.07) is 13.6. The number of likely N-dealkylation sites (tertiary alicyclic amines) is 1. The van der Waals surface area contributed by atoms with Crippen LogP contribution in [0.2, 0.25) is 0 Å². The molecule has 2 aliphatic rings. The standard InChI is InChI=1S/C25H32N4O3/c1-28-15-12-19-16-18(6-11-22(19)28)23(29-13-4-3-5-14-29)17-26-24(30)25(31)27-20-7-9-21(32-2)10-8-20/h6-11,16,23H,3-5,12-15,17H2,1-2H3,(H,26,30)(H,27,31)/t23-/m1/s1. The van der Waals surface area contributed by atoms with Gasteiger partial charge in [-0.05, 0) is 73.8 Å². The van der Waals surface area contributed by atoms with Gasteiger partial charge in [0.2, 0.25) is 0 Å². The van der Waals surface area contributed by atoms with Gasteiger partial charge in [0, 0.05) is 31.5 Å². The number of rotatable bonds is 6. The highest BCUT2D eigenvalue weighted by Crippen LogP contribution is 2.32. The minimum atomic E-state index is -0.664. The number of likely N-dealkylation sites (N-methyl/N-ethyl adjacent to an activating group) is 1. The molecule has 0 bridgehead atoms.